The predicted molar refractivity (Wildman–Crippen MR) is 71.4 cm³/mol. The van der Waals surface area contributed by atoms with Gasteiger partial charge in [-0.05, 0) is 43.2 Å². The van der Waals surface area contributed by atoms with E-state index in [0.717, 1.165) is 16.9 Å². The molecule has 2 aromatic rings. The van der Waals surface area contributed by atoms with Crippen molar-refractivity contribution < 1.29 is 9.13 Å². The summed E-state index contributed by atoms with van der Waals surface area (Å²) in [5, 5.41) is 8.99. The van der Waals surface area contributed by atoms with Gasteiger partial charge in [0, 0.05) is 5.56 Å². The number of ether oxygens (including phenoxy) is 1. The van der Waals surface area contributed by atoms with Crippen molar-refractivity contribution in [2.24, 2.45) is 0 Å². The second kappa shape index (κ2) is 5.53. The van der Waals surface area contributed by atoms with Gasteiger partial charge in [0.1, 0.15) is 18.2 Å². The highest BCUT2D eigenvalue weighted by Gasteiger charge is 2.07. The van der Waals surface area contributed by atoms with Crippen molar-refractivity contribution in [2.45, 2.75) is 20.5 Å². The van der Waals surface area contributed by atoms with E-state index >= 15 is 0 Å². The molecule has 0 unspecified atom stereocenters. The fourth-order valence-electron chi connectivity index (χ4n) is 1.97. The number of nitriles is 1. The Morgan fingerprint density at radius 3 is 2.47 bits per heavy atom. The van der Waals surface area contributed by atoms with Crippen LogP contribution >= 0.6 is 0 Å². The Morgan fingerprint density at radius 2 is 1.84 bits per heavy atom. The molecule has 3 heteroatoms. The van der Waals surface area contributed by atoms with Gasteiger partial charge in [-0.15, -0.1) is 0 Å². The number of benzene rings is 2. The molecule has 0 saturated heterocycles. The molecule has 2 nitrogen and oxygen atoms in total. The van der Waals surface area contributed by atoms with Crippen molar-refractivity contribution in [1.82, 2.24) is 0 Å². The molecule has 19 heavy (non-hydrogen) atoms. The Kier molecular flexibility index (Phi) is 3.82. The molecule has 0 aliphatic heterocycles. The number of nitrogens with zero attached hydrogens (tertiary/aromatic N) is 1. The summed E-state index contributed by atoms with van der Waals surface area (Å²) in [6, 6.07) is 12.0. The summed E-state index contributed by atoms with van der Waals surface area (Å²) < 4.78 is 18.9. The molecule has 0 amide bonds. The van der Waals surface area contributed by atoms with Gasteiger partial charge >= 0.3 is 0 Å². The Bertz CT molecular complexity index is 623. The van der Waals surface area contributed by atoms with Gasteiger partial charge in [0.25, 0.3) is 0 Å². The minimum atomic E-state index is -0.362. The number of para-hydroxylation sites is 1. The van der Waals surface area contributed by atoms with E-state index in [1.807, 2.05) is 38.1 Å². The fraction of sp³-hybridized carbons (Fsp3) is 0.188. The number of halogens is 1. The summed E-state index contributed by atoms with van der Waals surface area (Å²) in [6.45, 7) is 4.10. The van der Waals surface area contributed by atoms with Crippen LogP contribution in [-0.2, 0) is 6.61 Å². The van der Waals surface area contributed by atoms with E-state index in [0.29, 0.717) is 11.1 Å². The van der Waals surface area contributed by atoms with Crippen molar-refractivity contribution in [3.8, 4) is 11.8 Å². The summed E-state index contributed by atoms with van der Waals surface area (Å²) >= 11 is 0. The van der Waals surface area contributed by atoms with Gasteiger partial charge in [0.15, 0.2) is 0 Å². The molecule has 0 aromatic heterocycles. The fourth-order valence-corrected chi connectivity index (χ4v) is 1.97. The third-order valence-corrected chi connectivity index (χ3v) is 2.97. The Hall–Kier alpha value is -2.34. The van der Waals surface area contributed by atoms with E-state index in [1.165, 1.54) is 18.2 Å². The molecule has 0 aliphatic carbocycles. The number of rotatable bonds is 3. The van der Waals surface area contributed by atoms with E-state index in [4.69, 9.17) is 10.00 Å². The molecular formula is C16H14FNO. The first-order valence-electron chi connectivity index (χ1n) is 5.99. The first-order chi connectivity index (χ1) is 9.11. The summed E-state index contributed by atoms with van der Waals surface area (Å²) in [5.74, 6) is 0.426. The van der Waals surface area contributed by atoms with Gasteiger partial charge in [-0.1, -0.05) is 18.2 Å². The average Bonchev–Trinajstić information content (AvgIpc) is 2.38. The molecule has 0 N–H and O–H groups in total. The van der Waals surface area contributed by atoms with Crippen LogP contribution in [0, 0.1) is 31.0 Å². The summed E-state index contributed by atoms with van der Waals surface area (Å²) in [4.78, 5) is 0. The number of aryl methyl sites for hydroxylation is 2. The van der Waals surface area contributed by atoms with Crippen LogP contribution in [0.4, 0.5) is 4.39 Å². The molecule has 0 fully saturated rings. The minimum absolute atomic E-state index is 0.187. The molecular weight excluding hydrogens is 241 g/mol. The zero-order valence-electron chi connectivity index (χ0n) is 10.9. The topological polar surface area (TPSA) is 33.0 Å². The second-order valence-electron chi connectivity index (χ2n) is 4.42. The van der Waals surface area contributed by atoms with Crippen LogP contribution in [0.5, 0.6) is 5.75 Å². The lowest BCUT2D eigenvalue weighted by atomic mass is 10.1. The summed E-state index contributed by atoms with van der Waals surface area (Å²) in [5.41, 5.74) is 3.04. The van der Waals surface area contributed by atoms with Crippen LogP contribution < -0.4 is 4.74 Å². The van der Waals surface area contributed by atoms with Gasteiger partial charge in [0.2, 0.25) is 0 Å². The Labute approximate surface area is 112 Å². The Balaban J connectivity index is 2.24. The quantitative estimate of drug-likeness (QED) is 0.833. The van der Waals surface area contributed by atoms with Gasteiger partial charge in [-0.25, -0.2) is 4.39 Å². The van der Waals surface area contributed by atoms with Crippen LogP contribution in [0.3, 0.4) is 0 Å². The van der Waals surface area contributed by atoms with Crippen LogP contribution in [-0.4, -0.2) is 0 Å². The number of hydrogen-bond donors (Lipinski definition) is 0. The molecule has 2 aromatic carbocycles. The molecule has 0 aliphatic rings. The maximum atomic E-state index is 13.2. The van der Waals surface area contributed by atoms with E-state index in [2.05, 4.69) is 0 Å². The third kappa shape index (κ3) is 2.92. The highest BCUT2D eigenvalue weighted by atomic mass is 19.1. The molecule has 0 saturated carbocycles. The normalized spacial score (nSPS) is 10.0. The van der Waals surface area contributed by atoms with E-state index in [1.54, 1.807) is 0 Å². The molecule has 0 heterocycles. The largest absolute Gasteiger partial charge is 0.488 e. The average molecular weight is 255 g/mol. The van der Waals surface area contributed by atoms with Crippen molar-refractivity contribution in [2.75, 3.05) is 0 Å². The molecule has 0 atom stereocenters. The van der Waals surface area contributed by atoms with Crippen LogP contribution in [0.25, 0.3) is 0 Å². The lowest BCUT2D eigenvalue weighted by Crippen LogP contribution is -2.01. The first kappa shape index (κ1) is 13.1. The molecule has 96 valence electrons. The van der Waals surface area contributed by atoms with E-state index in [9.17, 15) is 4.39 Å². The van der Waals surface area contributed by atoms with Gasteiger partial charge in [-0.3, -0.25) is 0 Å². The standard InChI is InChI=1S/C16H14FNO/c1-11-4-3-5-12(2)16(11)19-10-14-8-15(17)7-6-13(14)9-18/h3-8H,10H2,1-2H3. The predicted octanol–water partition coefficient (Wildman–Crippen LogP) is 3.89. The van der Waals surface area contributed by atoms with Crippen molar-refractivity contribution >= 4 is 0 Å². The lowest BCUT2D eigenvalue weighted by Gasteiger charge is -2.12. The zero-order valence-corrected chi connectivity index (χ0v) is 10.9. The van der Waals surface area contributed by atoms with E-state index < -0.39 is 0 Å². The van der Waals surface area contributed by atoms with Gasteiger partial charge in [-0.2, -0.15) is 5.26 Å². The Morgan fingerprint density at radius 1 is 1.16 bits per heavy atom. The highest BCUT2D eigenvalue weighted by molar-refractivity contribution is 5.41. The maximum absolute atomic E-state index is 13.2. The zero-order chi connectivity index (χ0) is 13.8. The monoisotopic (exact) mass is 255 g/mol. The molecule has 0 bridgehead atoms. The first-order valence-corrected chi connectivity index (χ1v) is 5.99. The van der Waals surface area contributed by atoms with Crippen LogP contribution in [0.1, 0.15) is 22.3 Å². The number of hydrogen-bond acceptors (Lipinski definition) is 2. The van der Waals surface area contributed by atoms with Crippen LogP contribution in [0.2, 0.25) is 0 Å². The van der Waals surface area contributed by atoms with Gasteiger partial charge < -0.3 is 4.74 Å². The summed E-state index contributed by atoms with van der Waals surface area (Å²) in [7, 11) is 0. The van der Waals surface area contributed by atoms with Crippen LogP contribution in [0.15, 0.2) is 36.4 Å². The lowest BCUT2D eigenvalue weighted by molar-refractivity contribution is 0.301. The maximum Gasteiger partial charge on any atom is 0.125 e. The molecule has 0 spiro atoms. The summed E-state index contributed by atoms with van der Waals surface area (Å²) in [6.07, 6.45) is 0. The SMILES string of the molecule is Cc1cccc(C)c1OCc1cc(F)ccc1C#N. The van der Waals surface area contributed by atoms with Crippen molar-refractivity contribution in [3.63, 3.8) is 0 Å². The van der Waals surface area contributed by atoms with Crippen molar-refractivity contribution in [3.05, 3.63) is 64.5 Å². The highest BCUT2D eigenvalue weighted by Crippen LogP contribution is 2.24. The smallest absolute Gasteiger partial charge is 0.125 e. The molecule has 2 rings (SSSR count). The van der Waals surface area contributed by atoms with E-state index in [-0.39, 0.29) is 12.4 Å². The minimum Gasteiger partial charge on any atom is -0.488 e. The third-order valence-electron chi connectivity index (χ3n) is 2.97. The second-order valence-corrected chi connectivity index (χ2v) is 4.42. The van der Waals surface area contributed by atoms with Crippen molar-refractivity contribution in [1.29, 1.82) is 5.26 Å². The molecule has 0 radical (unpaired) electrons. The van der Waals surface area contributed by atoms with Gasteiger partial charge in [0.05, 0.1) is 11.6 Å².